The Hall–Kier alpha value is -2.79. The van der Waals surface area contributed by atoms with Gasteiger partial charge in [-0.05, 0) is 17.7 Å². The fourth-order valence-corrected chi connectivity index (χ4v) is 2.29. The van der Waals surface area contributed by atoms with E-state index in [0.717, 1.165) is 11.3 Å². The number of hydrogen-bond acceptors (Lipinski definition) is 5. The van der Waals surface area contributed by atoms with Crippen LogP contribution in [0.5, 0.6) is 0 Å². The standard InChI is InChI=1S/C17H16ClN5/c18-13-8-4-5-9-14(13)23-17-15(19)16(21-11-22-17)20-10-12-6-2-1-3-7-12/h1-9,11H,10,19H2,(H2,20,21,22,23). The number of nitrogens with zero attached hydrogens (tertiary/aromatic N) is 2. The Bertz CT molecular complexity index is 792. The van der Waals surface area contributed by atoms with E-state index >= 15 is 0 Å². The number of hydrogen-bond donors (Lipinski definition) is 3. The van der Waals surface area contributed by atoms with Gasteiger partial charge in [0, 0.05) is 6.54 Å². The fourth-order valence-electron chi connectivity index (χ4n) is 2.11. The van der Waals surface area contributed by atoms with Crippen LogP contribution in [0.4, 0.5) is 23.0 Å². The number of halogens is 1. The number of nitrogen functional groups attached to an aromatic ring is 1. The minimum absolute atomic E-state index is 0.448. The summed E-state index contributed by atoms with van der Waals surface area (Å²) >= 11 is 6.15. The highest BCUT2D eigenvalue weighted by Crippen LogP contribution is 2.29. The summed E-state index contributed by atoms with van der Waals surface area (Å²) in [5.74, 6) is 1.10. The van der Waals surface area contributed by atoms with E-state index in [0.29, 0.717) is 28.9 Å². The van der Waals surface area contributed by atoms with Crippen molar-refractivity contribution in [1.29, 1.82) is 0 Å². The summed E-state index contributed by atoms with van der Waals surface area (Å²) in [6.45, 7) is 0.633. The first-order valence-electron chi connectivity index (χ1n) is 7.14. The van der Waals surface area contributed by atoms with E-state index in [1.54, 1.807) is 6.07 Å². The van der Waals surface area contributed by atoms with Crippen LogP contribution in [-0.2, 0) is 6.54 Å². The second kappa shape index (κ2) is 6.98. The zero-order valence-electron chi connectivity index (χ0n) is 12.3. The van der Waals surface area contributed by atoms with Crippen LogP contribution in [0.3, 0.4) is 0 Å². The number of benzene rings is 2. The van der Waals surface area contributed by atoms with Crippen molar-refractivity contribution in [3.63, 3.8) is 0 Å². The maximum absolute atomic E-state index is 6.15. The topological polar surface area (TPSA) is 75.9 Å². The molecule has 4 N–H and O–H groups in total. The van der Waals surface area contributed by atoms with Crippen LogP contribution in [0.2, 0.25) is 5.02 Å². The first-order chi connectivity index (χ1) is 11.2. The van der Waals surface area contributed by atoms with Crippen molar-refractivity contribution in [1.82, 2.24) is 9.97 Å². The number of nitrogens with two attached hydrogens (primary N) is 1. The molecule has 1 aromatic heterocycles. The molecule has 0 amide bonds. The van der Waals surface area contributed by atoms with Gasteiger partial charge in [-0.15, -0.1) is 0 Å². The van der Waals surface area contributed by atoms with Crippen LogP contribution >= 0.6 is 11.6 Å². The number of rotatable bonds is 5. The molecular formula is C17H16ClN5. The highest BCUT2D eigenvalue weighted by molar-refractivity contribution is 6.33. The van der Waals surface area contributed by atoms with Gasteiger partial charge in [0.1, 0.15) is 12.0 Å². The molecule has 3 aromatic rings. The molecule has 23 heavy (non-hydrogen) atoms. The smallest absolute Gasteiger partial charge is 0.159 e. The SMILES string of the molecule is Nc1c(NCc2ccccc2)ncnc1Nc1ccccc1Cl. The Labute approximate surface area is 139 Å². The Kier molecular flexibility index (Phi) is 4.59. The monoisotopic (exact) mass is 325 g/mol. The Morgan fingerprint density at radius 3 is 2.39 bits per heavy atom. The van der Waals surface area contributed by atoms with Crippen molar-refractivity contribution in [2.45, 2.75) is 6.54 Å². The highest BCUT2D eigenvalue weighted by atomic mass is 35.5. The molecule has 0 fully saturated rings. The minimum Gasteiger partial charge on any atom is -0.393 e. The van der Waals surface area contributed by atoms with E-state index in [9.17, 15) is 0 Å². The first kappa shape index (κ1) is 15.1. The molecule has 0 bridgehead atoms. The lowest BCUT2D eigenvalue weighted by atomic mass is 10.2. The van der Waals surface area contributed by atoms with Crippen LogP contribution in [0, 0.1) is 0 Å². The predicted molar refractivity (Wildman–Crippen MR) is 94.9 cm³/mol. The second-order valence-corrected chi connectivity index (χ2v) is 5.34. The lowest BCUT2D eigenvalue weighted by Crippen LogP contribution is -2.08. The molecule has 2 aromatic carbocycles. The van der Waals surface area contributed by atoms with E-state index in [4.69, 9.17) is 17.3 Å². The number of aromatic nitrogens is 2. The molecule has 1 heterocycles. The quantitative estimate of drug-likeness (QED) is 0.659. The van der Waals surface area contributed by atoms with Gasteiger partial charge >= 0.3 is 0 Å². The molecule has 6 heteroatoms. The number of para-hydroxylation sites is 1. The lowest BCUT2D eigenvalue weighted by Gasteiger charge is -2.13. The highest BCUT2D eigenvalue weighted by Gasteiger charge is 2.09. The maximum atomic E-state index is 6.15. The van der Waals surface area contributed by atoms with Crippen LogP contribution in [-0.4, -0.2) is 9.97 Å². The number of nitrogens with one attached hydrogen (secondary N) is 2. The van der Waals surface area contributed by atoms with Gasteiger partial charge < -0.3 is 16.4 Å². The zero-order chi connectivity index (χ0) is 16.1. The van der Waals surface area contributed by atoms with E-state index < -0.39 is 0 Å². The van der Waals surface area contributed by atoms with Gasteiger partial charge in [0.25, 0.3) is 0 Å². The molecule has 0 atom stereocenters. The summed E-state index contributed by atoms with van der Waals surface area (Å²) < 4.78 is 0. The van der Waals surface area contributed by atoms with Gasteiger partial charge in [0.05, 0.1) is 10.7 Å². The summed E-state index contributed by atoms with van der Waals surface area (Å²) in [4.78, 5) is 8.38. The molecule has 0 aliphatic carbocycles. The molecule has 0 saturated heterocycles. The Morgan fingerprint density at radius 2 is 1.61 bits per heavy atom. The molecule has 0 saturated carbocycles. The van der Waals surface area contributed by atoms with Crippen LogP contribution in [0.25, 0.3) is 0 Å². The molecule has 0 radical (unpaired) electrons. The third-order valence-corrected chi connectivity index (χ3v) is 3.64. The molecule has 0 aliphatic heterocycles. The molecular weight excluding hydrogens is 310 g/mol. The maximum Gasteiger partial charge on any atom is 0.159 e. The van der Waals surface area contributed by atoms with E-state index in [2.05, 4.69) is 20.6 Å². The van der Waals surface area contributed by atoms with Gasteiger partial charge in [0.15, 0.2) is 11.6 Å². The Morgan fingerprint density at radius 1 is 0.913 bits per heavy atom. The molecule has 0 aliphatic rings. The van der Waals surface area contributed by atoms with Gasteiger partial charge in [-0.2, -0.15) is 0 Å². The molecule has 5 nitrogen and oxygen atoms in total. The molecule has 3 rings (SSSR count). The van der Waals surface area contributed by atoms with Crippen molar-refractivity contribution >= 4 is 34.6 Å². The Balaban J connectivity index is 1.77. The normalized spacial score (nSPS) is 10.3. The molecule has 116 valence electrons. The van der Waals surface area contributed by atoms with Crippen LogP contribution in [0.15, 0.2) is 60.9 Å². The summed E-state index contributed by atoms with van der Waals surface area (Å²) in [7, 11) is 0. The second-order valence-electron chi connectivity index (χ2n) is 4.93. The van der Waals surface area contributed by atoms with E-state index in [1.807, 2.05) is 48.5 Å². The van der Waals surface area contributed by atoms with Gasteiger partial charge in [-0.25, -0.2) is 9.97 Å². The summed E-state index contributed by atoms with van der Waals surface area (Å²) in [5.41, 5.74) is 8.49. The van der Waals surface area contributed by atoms with Gasteiger partial charge in [-0.3, -0.25) is 0 Å². The van der Waals surface area contributed by atoms with Crippen LogP contribution < -0.4 is 16.4 Å². The van der Waals surface area contributed by atoms with E-state index in [-0.39, 0.29) is 0 Å². The summed E-state index contributed by atoms with van der Waals surface area (Å²) in [6, 6.07) is 17.4. The average Bonchev–Trinajstić information content (AvgIpc) is 2.58. The molecule has 0 unspecified atom stereocenters. The van der Waals surface area contributed by atoms with Crippen molar-refractivity contribution in [3.05, 3.63) is 71.5 Å². The summed E-state index contributed by atoms with van der Waals surface area (Å²) in [5, 5.41) is 6.95. The third-order valence-electron chi connectivity index (χ3n) is 3.31. The predicted octanol–water partition coefficient (Wildman–Crippen LogP) is 4.07. The zero-order valence-corrected chi connectivity index (χ0v) is 13.1. The third kappa shape index (κ3) is 3.70. The first-order valence-corrected chi connectivity index (χ1v) is 7.51. The van der Waals surface area contributed by atoms with E-state index in [1.165, 1.54) is 6.33 Å². The largest absolute Gasteiger partial charge is 0.393 e. The number of anilines is 4. The van der Waals surface area contributed by atoms with Crippen molar-refractivity contribution in [2.24, 2.45) is 0 Å². The van der Waals surface area contributed by atoms with Gasteiger partial charge in [0.2, 0.25) is 0 Å². The van der Waals surface area contributed by atoms with Gasteiger partial charge in [-0.1, -0.05) is 54.1 Å². The van der Waals surface area contributed by atoms with Crippen molar-refractivity contribution in [2.75, 3.05) is 16.4 Å². The summed E-state index contributed by atoms with van der Waals surface area (Å²) in [6.07, 6.45) is 1.46. The van der Waals surface area contributed by atoms with Crippen LogP contribution in [0.1, 0.15) is 5.56 Å². The lowest BCUT2D eigenvalue weighted by molar-refractivity contribution is 1.09. The fraction of sp³-hybridized carbons (Fsp3) is 0.0588. The molecule has 0 spiro atoms. The van der Waals surface area contributed by atoms with Crippen molar-refractivity contribution < 1.29 is 0 Å². The minimum atomic E-state index is 0.448. The average molecular weight is 326 g/mol. The van der Waals surface area contributed by atoms with Crippen molar-refractivity contribution in [3.8, 4) is 0 Å².